The van der Waals surface area contributed by atoms with Crippen molar-refractivity contribution in [1.82, 2.24) is 5.32 Å². The number of hydrogen-bond donors (Lipinski definition) is 2. The zero-order chi connectivity index (χ0) is 15.7. The topological polar surface area (TPSA) is 35.5 Å². The van der Waals surface area contributed by atoms with Crippen molar-refractivity contribution in [3.8, 4) is 0 Å². The number of aliphatic hydroxyl groups excluding tert-OH is 1. The van der Waals surface area contributed by atoms with Gasteiger partial charge in [-0.1, -0.05) is 32.9 Å². The van der Waals surface area contributed by atoms with Gasteiger partial charge in [0.2, 0.25) is 0 Å². The molecule has 0 saturated heterocycles. The molecule has 0 aliphatic rings. The first-order chi connectivity index (χ1) is 10.2. The van der Waals surface area contributed by atoms with Crippen molar-refractivity contribution >= 4 is 5.69 Å². The van der Waals surface area contributed by atoms with Gasteiger partial charge in [-0.3, -0.25) is 0 Å². The summed E-state index contributed by atoms with van der Waals surface area (Å²) >= 11 is 0. The van der Waals surface area contributed by atoms with Crippen LogP contribution in [-0.2, 0) is 6.54 Å². The van der Waals surface area contributed by atoms with Crippen molar-refractivity contribution in [3.05, 3.63) is 29.3 Å². The lowest BCUT2D eigenvalue weighted by molar-refractivity contribution is 0.296. The fourth-order valence-electron chi connectivity index (χ4n) is 2.90. The zero-order valence-corrected chi connectivity index (χ0v) is 14.2. The van der Waals surface area contributed by atoms with Gasteiger partial charge in [-0.2, -0.15) is 0 Å². The Kier molecular flexibility index (Phi) is 8.40. The third kappa shape index (κ3) is 5.33. The lowest BCUT2D eigenvalue weighted by atomic mass is 10.0. The number of benzene rings is 1. The third-order valence-corrected chi connectivity index (χ3v) is 4.05. The van der Waals surface area contributed by atoms with Crippen molar-refractivity contribution < 1.29 is 5.11 Å². The van der Waals surface area contributed by atoms with Crippen LogP contribution in [0.5, 0.6) is 0 Å². The Balaban J connectivity index is 2.88. The number of aliphatic hydroxyl groups is 1. The molecule has 1 rings (SSSR count). The second kappa shape index (κ2) is 9.80. The van der Waals surface area contributed by atoms with E-state index in [1.807, 2.05) is 0 Å². The van der Waals surface area contributed by atoms with Crippen LogP contribution in [-0.4, -0.2) is 30.8 Å². The Hall–Kier alpha value is -1.06. The molecule has 0 fully saturated rings. The summed E-state index contributed by atoms with van der Waals surface area (Å²) in [6, 6.07) is 7.19. The predicted molar refractivity (Wildman–Crippen MR) is 92.0 cm³/mol. The molecule has 21 heavy (non-hydrogen) atoms. The maximum absolute atomic E-state index is 9.38. The van der Waals surface area contributed by atoms with Crippen molar-refractivity contribution in [2.24, 2.45) is 0 Å². The van der Waals surface area contributed by atoms with E-state index in [-0.39, 0.29) is 6.61 Å². The van der Waals surface area contributed by atoms with Crippen LogP contribution in [0.25, 0.3) is 0 Å². The highest BCUT2D eigenvalue weighted by atomic mass is 16.3. The molecule has 1 aromatic carbocycles. The second-order valence-corrected chi connectivity index (χ2v) is 5.68. The largest absolute Gasteiger partial charge is 0.395 e. The molecule has 0 atom stereocenters. The normalized spacial score (nSPS) is 11.1. The first kappa shape index (κ1) is 18.0. The monoisotopic (exact) mass is 292 g/mol. The van der Waals surface area contributed by atoms with Gasteiger partial charge in [0.05, 0.1) is 6.61 Å². The van der Waals surface area contributed by atoms with E-state index in [0.717, 1.165) is 32.4 Å². The number of nitrogens with zero attached hydrogens (tertiary/aromatic N) is 1. The van der Waals surface area contributed by atoms with Gasteiger partial charge in [0.1, 0.15) is 0 Å². The Morgan fingerprint density at radius 1 is 1.19 bits per heavy atom. The lowest BCUT2D eigenvalue weighted by Gasteiger charge is -2.33. The number of hydrogen-bond acceptors (Lipinski definition) is 3. The molecule has 0 aliphatic carbocycles. The molecule has 120 valence electrons. The Morgan fingerprint density at radius 3 is 2.43 bits per heavy atom. The zero-order valence-electron chi connectivity index (χ0n) is 14.2. The van der Waals surface area contributed by atoms with Gasteiger partial charge >= 0.3 is 0 Å². The Morgan fingerprint density at radius 2 is 1.90 bits per heavy atom. The van der Waals surface area contributed by atoms with Gasteiger partial charge in [0.15, 0.2) is 0 Å². The molecule has 0 aromatic heterocycles. The molecule has 3 heteroatoms. The van der Waals surface area contributed by atoms with Gasteiger partial charge < -0.3 is 15.3 Å². The lowest BCUT2D eigenvalue weighted by Crippen LogP contribution is -2.37. The predicted octanol–water partition coefficient (Wildman–Crippen LogP) is 3.48. The Bertz CT molecular complexity index is 402. The van der Waals surface area contributed by atoms with E-state index in [9.17, 15) is 5.11 Å². The van der Waals surface area contributed by atoms with Gasteiger partial charge in [-0.15, -0.1) is 0 Å². The molecular formula is C18H32N2O. The SMILES string of the molecule is CCCNCc1ccc(N(CCO)C(CC)CC)c(C)c1. The fourth-order valence-corrected chi connectivity index (χ4v) is 2.90. The number of nitrogens with one attached hydrogen (secondary N) is 1. The minimum Gasteiger partial charge on any atom is -0.395 e. The standard InChI is InChI=1S/C18H32N2O/c1-5-10-19-14-16-8-9-18(15(4)13-16)20(11-12-21)17(6-2)7-3/h8-9,13,17,19,21H,5-7,10-12,14H2,1-4H3. The maximum atomic E-state index is 9.38. The van der Waals surface area contributed by atoms with Crippen LogP contribution in [0.1, 0.15) is 51.2 Å². The first-order valence-corrected chi connectivity index (χ1v) is 8.35. The highest BCUT2D eigenvalue weighted by molar-refractivity contribution is 5.55. The molecule has 0 radical (unpaired) electrons. The van der Waals surface area contributed by atoms with E-state index in [0.29, 0.717) is 12.6 Å². The van der Waals surface area contributed by atoms with Crippen LogP contribution in [0.4, 0.5) is 5.69 Å². The summed E-state index contributed by atoms with van der Waals surface area (Å²) in [7, 11) is 0. The van der Waals surface area contributed by atoms with Crippen LogP contribution in [0.3, 0.4) is 0 Å². The molecule has 0 bridgehead atoms. The Labute approximate surface area is 130 Å². The van der Waals surface area contributed by atoms with E-state index in [1.165, 1.54) is 16.8 Å². The highest BCUT2D eigenvalue weighted by Gasteiger charge is 2.17. The molecule has 0 heterocycles. The van der Waals surface area contributed by atoms with Crippen molar-refractivity contribution in [2.45, 2.75) is 59.5 Å². The minimum atomic E-state index is 0.204. The number of anilines is 1. The van der Waals surface area contributed by atoms with Crippen LogP contribution in [0, 0.1) is 6.92 Å². The molecule has 1 aromatic rings. The van der Waals surface area contributed by atoms with E-state index < -0.39 is 0 Å². The summed E-state index contributed by atoms with van der Waals surface area (Å²) in [5.74, 6) is 0. The minimum absolute atomic E-state index is 0.204. The molecular weight excluding hydrogens is 260 g/mol. The van der Waals surface area contributed by atoms with E-state index in [1.54, 1.807) is 0 Å². The summed E-state index contributed by atoms with van der Waals surface area (Å²) < 4.78 is 0. The third-order valence-electron chi connectivity index (χ3n) is 4.05. The first-order valence-electron chi connectivity index (χ1n) is 8.35. The molecule has 2 N–H and O–H groups in total. The van der Waals surface area contributed by atoms with Gasteiger partial charge in [0, 0.05) is 24.8 Å². The van der Waals surface area contributed by atoms with Crippen molar-refractivity contribution in [1.29, 1.82) is 0 Å². The van der Waals surface area contributed by atoms with E-state index in [2.05, 4.69) is 56.1 Å². The smallest absolute Gasteiger partial charge is 0.0606 e. The highest BCUT2D eigenvalue weighted by Crippen LogP contribution is 2.25. The fraction of sp³-hybridized carbons (Fsp3) is 0.667. The van der Waals surface area contributed by atoms with Crippen molar-refractivity contribution in [3.63, 3.8) is 0 Å². The average Bonchev–Trinajstić information content (AvgIpc) is 2.48. The summed E-state index contributed by atoms with van der Waals surface area (Å²) in [6.45, 7) is 11.7. The molecule has 0 amide bonds. The van der Waals surface area contributed by atoms with Crippen LogP contribution >= 0.6 is 0 Å². The van der Waals surface area contributed by atoms with E-state index >= 15 is 0 Å². The molecule has 0 spiro atoms. The number of aryl methyl sites for hydroxylation is 1. The number of rotatable bonds is 10. The van der Waals surface area contributed by atoms with E-state index in [4.69, 9.17) is 0 Å². The summed E-state index contributed by atoms with van der Waals surface area (Å²) in [5.41, 5.74) is 3.89. The quantitative estimate of drug-likeness (QED) is 0.648. The van der Waals surface area contributed by atoms with Crippen LogP contribution in [0.2, 0.25) is 0 Å². The molecule has 0 unspecified atom stereocenters. The maximum Gasteiger partial charge on any atom is 0.0606 e. The van der Waals surface area contributed by atoms with Crippen molar-refractivity contribution in [2.75, 3.05) is 24.6 Å². The van der Waals surface area contributed by atoms with Gasteiger partial charge in [-0.25, -0.2) is 0 Å². The molecule has 0 aliphatic heterocycles. The molecule has 0 saturated carbocycles. The van der Waals surface area contributed by atoms with Crippen LogP contribution < -0.4 is 10.2 Å². The second-order valence-electron chi connectivity index (χ2n) is 5.68. The summed E-state index contributed by atoms with van der Waals surface area (Å²) in [6.07, 6.45) is 3.38. The summed E-state index contributed by atoms with van der Waals surface area (Å²) in [5, 5.41) is 12.8. The molecule has 3 nitrogen and oxygen atoms in total. The van der Waals surface area contributed by atoms with Crippen LogP contribution in [0.15, 0.2) is 18.2 Å². The average molecular weight is 292 g/mol. The summed E-state index contributed by atoms with van der Waals surface area (Å²) in [4.78, 5) is 2.36. The van der Waals surface area contributed by atoms with Gasteiger partial charge in [0.25, 0.3) is 0 Å². The van der Waals surface area contributed by atoms with Gasteiger partial charge in [-0.05, 0) is 49.9 Å².